The maximum atomic E-state index is 14.8. The standard InChI is InChI=1S/C44H44N10O12S/c1-63-34-18-14-30(15-19-34)27-65-42(59)49-35-37(55)51-28-44(67-38(35)51,39(56)66-36(31-8-4-2-5-9-31)32-10-6-3-7-11-32)52-24-25-53(43(52)60)48-23-22-47-50-40(57)45-20-21-46-41(58)64-26-29-12-16-33(17-13-29)54(61)62/h2-19,22-23,35-36,38H,20-21,24-28H2,1H3,(H,46,58)(H,49,59)(H2,45,50,57)/t35-,38-,44-/m1/s1. The van der Waals surface area contributed by atoms with Gasteiger partial charge in [-0.15, -0.1) is 0 Å². The van der Waals surface area contributed by atoms with Crippen molar-refractivity contribution in [2.24, 2.45) is 10.2 Å². The molecule has 67 heavy (non-hydrogen) atoms. The van der Waals surface area contributed by atoms with Crippen molar-refractivity contribution in [1.82, 2.24) is 36.2 Å². The van der Waals surface area contributed by atoms with E-state index < -0.39 is 63.4 Å². The van der Waals surface area contributed by atoms with Crippen molar-refractivity contribution < 1.29 is 52.6 Å². The van der Waals surface area contributed by atoms with Crippen molar-refractivity contribution >= 4 is 66.0 Å². The van der Waals surface area contributed by atoms with Gasteiger partial charge in [0.25, 0.3) is 5.69 Å². The van der Waals surface area contributed by atoms with Crippen molar-refractivity contribution in [2.75, 3.05) is 39.8 Å². The van der Waals surface area contributed by atoms with Crippen LogP contribution in [0.2, 0.25) is 0 Å². The van der Waals surface area contributed by atoms with Gasteiger partial charge in [0.05, 0.1) is 37.6 Å². The summed E-state index contributed by atoms with van der Waals surface area (Å²) >= 11 is 1.01. The van der Waals surface area contributed by atoms with Gasteiger partial charge < -0.3 is 39.8 Å². The van der Waals surface area contributed by atoms with Crippen molar-refractivity contribution in [1.29, 1.82) is 0 Å². The summed E-state index contributed by atoms with van der Waals surface area (Å²) in [7, 11) is 1.54. The highest BCUT2D eigenvalue weighted by Crippen LogP contribution is 2.51. The summed E-state index contributed by atoms with van der Waals surface area (Å²) in [4.78, 5) is 90.8. The summed E-state index contributed by atoms with van der Waals surface area (Å²) in [5, 5.41) is 26.6. The number of rotatable bonds is 18. The highest BCUT2D eigenvalue weighted by Gasteiger charge is 2.67. The third-order valence-electron chi connectivity index (χ3n) is 10.5. The Balaban J connectivity index is 0.952. The molecule has 0 saturated carbocycles. The van der Waals surface area contributed by atoms with E-state index in [1.54, 1.807) is 24.3 Å². The van der Waals surface area contributed by atoms with Crippen LogP contribution in [0.1, 0.15) is 28.4 Å². The number of esters is 1. The van der Waals surface area contributed by atoms with E-state index >= 15 is 0 Å². The molecule has 4 aromatic carbocycles. The van der Waals surface area contributed by atoms with Crippen LogP contribution in [0.25, 0.3) is 0 Å². The lowest BCUT2D eigenvalue weighted by molar-refractivity contribution is -0.384. The number of hydrazone groups is 2. The highest BCUT2D eigenvalue weighted by atomic mass is 32.2. The first-order chi connectivity index (χ1) is 32.4. The fraction of sp³-hybridized carbons (Fsp3) is 0.273. The van der Waals surface area contributed by atoms with E-state index in [1.807, 2.05) is 60.7 Å². The van der Waals surface area contributed by atoms with Gasteiger partial charge >= 0.3 is 30.2 Å². The van der Waals surface area contributed by atoms with Gasteiger partial charge in [0, 0.05) is 31.8 Å². The molecule has 3 heterocycles. The van der Waals surface area contributed by atoms with Gasteiger partial charge in [0.15, 0.2) is 6.10 Å². The predicted molar refractivity (Wildman–Crippen MR) is 240 cm³/mol. The van der Waals surface area contributed by atoms with E-state index in [0.717, 1.165) is 29.2 Å². The average Bonchev–Trinajstić information content (AvgIpc) is 3.91. The molecule has 23 heteroatoms. The number of non-ortho nitro benzene ring substituents is 1. The molecule has 7 rings (SSSR count). The number of nitro groups is 1. The Kier molecular flexibility index (Phi) is 15.1. The number of methoxy groups -OCH3 is 1. The number of nitro benzene ring substituents is 1. The van der Waals surface area contributed by atoms with Crippen molar-refractivity contribution in [3.05, 3.63) is 142 Å². The van der Waals surface area contributed by atoms with Crippen LogP contribution < -0.4 is 26.1 Å². The van der Waals surface area contributed by atoms with Gasteiger partial charge in [-0.3, -0.25) is 19.8 Å². The second-order valence-corrected chi connectivity index (χ2v) is 16.2. The summed E-state index contributed by atoms with van der Waals surface area (Å²) in [5.41, 5.74) is 4.72. The number of nitrogens with zero attached hydrogens (tertiary/aromatic N) is 6. The van der Waals surface area contributed by atoms with Crippen LogP contribution in [0.15, 0.2) is 119 Å². The van der Waals surface area contributed by atoms with Crippen LogP contribution in [0.4, 0.5) is 24.9 Å². The number of carbonyl (C=O) groups excluding carboxylic acids is 6. The summed E-state index contributed by atoms with van der Waals surface area (Å²) in [6.45, 7) is -0.360. The fourth-order valence-electron chi connectivity index (χ4n) is 7.12. The number of hydrogen-bond donors (Lipinski definition) is 4. The van der Waals surface area contributed by atoms with Gasteiger partial charge in [0.1, 0.15) is 30.4 Å². The van der Waals surface area contributed by atoms with Gasteiger partial charge in [-0.1, -0.05) is 84.6 Å². The SMILES string of the molecule is COc1ccc(COC(=O)N[C@@H]2C(=O)N3C[C@@](C(=O)OC(c4ccccc4)c4ccccc4)(N4CCN(N=CC=NNC(=O)NCCNC(=O)OCc5ccc([N+](=O)[O-])cc5)C4=O)S[C@H]23)cc1. The highest BCUT2D eigenvalue weighted by molar-refractivity contribution is 8.02. The summed E-state index contributed by atoms with van der Waals surface area (Å²) < 4.78 is 21.9. The zero-order valence-corrected chi connectivity index (χ0v) is 36.5. The Labute approximate surface area is 386 Å². The van der Waals surface area contributed by atoms with E-state index in [9.17, 15) is 38.9 Å². The van der Waals surface area contributed by atoms with Crippen LogP contribution in [0.5, 0.6) is 5.75 Å². The van der Waals surface area contributed by atoms with Gasteiger partial charge in [-0.2, -0.15) is 10.2 Å². The van der Waals surface area contributed by atoms with E-state index in [4.69, 9.17) is 18.9 Å². The Hall–Kier alpha value is -8.21. The molecule has 3 atom stereocenters. The molecule has 22 nitrogen and oxygen atoms in total. The number of thioether (sulfide) groups is 1. The normalized spacial score (nSPS) is 18.6. The van der Waals surface area contributed by atoms with Crippen LogP contribution in [-0.2, 0) is 37.0 Å². The molecule has 0 radical (unpaired) electrons. The molecule has 0 unspecified atom stereocenters. The first kappa shape index (κ1) is 46.8. The Morgan fingerprint density at radius 2 is 1.45 bits per heavy atom. The molecule has 7 amide bonds. The Morgan fingerprint density at radius 1 is 0.836 bits per heavy atom. The number of hydrogen-bond acceptors (Lipinski definition) is 15. The lowest BCUT2D eigenvalue weighted by atomic mass is 10.0. The summed E-state index contributed by atoms with van der Waals surface area (Å²) in [6, 6.07) is 28.2. The monoisotopic (exact) mass is 936 g/mol. The molecular weight excluding hydrogens is 893 g/mol. The molecule has 3 fully saturated rings. The fourth-order valence-corrected chi connectivity index (χ4v) is 8.80. The summed E-state index contributed by atoms with van der Waals surface area (Å²) in [6.07, 6.45) is -0.201. The first-order valence-electron chi connectivity index (χ1n) is 20.6. The quantitative estimate of drug-likeness (QED) is 0.0209. The van der Waals surface area contributed by atoms with Gasteiger partial charge in [0.2, 0.25) is 10.8 Å². The number of β-lactam (4-membered cyclic amide) rings is 1. The number of benzene rings is 4. The molecule has 0 spiro atoms. The molecule has 348 valence electrons. The number of carbonyl (C=O) groups is 6. The Morgan fingerprint density at radius 3 is 2.07 bits per heavy atom. The molecule has 0 bridgehead atoms. The minimum Gasteiger partial charge on any atom is -0.497 e. The average molecular weight is 937 g/mol. The van der Waals surface area contributed by atoms with Crippen molar-refractivity contribution in [3.63, 3.8) is 0 Å². The number of ether oxygens (including phenoxy) is 4. The lowest BCUT2D eigenvalue weighted by Gasteiger charge is -2.40. The third kappa shape index (κ3) is 11.4. The van der Waals surface area contributed by atoms with Crippen LogP contribution >= 0.6 is 11.8 Å². The largest absolute Gasteiger partial charge is 0.497 e. The van der Waals surface area contributed by atoms with Crippen molar-refractivity contribution in [3.8, 4) is 5.75 Å². The number of alkyl carbamates (subject to hydrolysis) is 2. The molecule has 4 aromatic rings. The van der Waals surface area contributed by atoms with Crippen molar-refractivity contribution in [2.45, 2.75) is 35.6 Å². The van der Waals surface area contributed by atoms with Crippen LogP contribution in [0.3, 0.4) is 0 Å². The minimum atomic E-state index is -1.76. The van der Waals surface area contributed by atoms with Gasteiger partial charge in [-0.25, -0.2) is 34.4 Å². The molecule has 3 aliphatic rings. The maximum Gasteiger partial charge on any atom is 0.408 e. The van der Waals surface area contributed by atoms with E-state index in [-0.39, 0.29) is 51.6 Å². The van der Waals surface area contributed by atoms with Gasteiger partial charge in [-0.05, 0) is 46.5 Å². The number of amides is 7. The zero-order chi connectivity index (χ0) is 47.3. The van der Waals surface area contributed by atoms with E-state index in [0.29, 0.717) is 28.0 Å². The molecular formula is C44H44N10O12S. The predicted octanol–water partition coefficient (Wildman–Crippen LogP) is 4.08. The molecule has 3 saturated heterocycles. The number of nitrogens with one attached hydrogen (secondary N) is 4. The third-order valence-corrected chi connectivity index (χ3v) is 12.2. The molecule has 0 aromatic heterocycles. The van der Waals surface area contributed by atoms with Crippen LogP contribution in [-0.4, -0.2) is 124 Å². The maximum absolute atomic E-state index is 14.8. The second kappa shape index (κ2) is 21.6. The Bertz CT molecular complexity index is 2460. The molecule has 3 aliphatic heterocycles. The molecule has 0 aliphatic carbocycles. The first-order valence-corrected chi connectivity index (χ1v) is 21.5. The van der Waals surface area contributed by atoms with E-state index in [1.165, 1.54) is 41.2 Å². The van der Waals surface area contributed by atoms with Crippen LogP contribution in [0, 0.1) is 10.1 Å². The summed E-state index contributed by atoms with van der Waals surface area (Å²) in [5.74, 6) is -0.625. The number of urea groups is 2. The molecule has 4 N–H and O–H groups in total. The topological polar surface area (TPSA) is 265 Å². The lowest BCUT2D eigenvalue weighted by Crippen LogP contribution is -2.67. The second-order valence-electron chi connectivity index (χ2n) is 14.8. The number of fused-ring (bicyclic) bond motifs is 1. The minimum absolute atomic E-state index is 0.00673. The van der Waals surface area contributed by atoms with E-state index in [2.05, 4.69) is 31.6 Å². The zero-order valence-electron chi connectivity index (χ0n) is 35.7. The smallest absolute Gasteiger partial charge is 0.408 e.